The number of hydrogen-bond donors (Lipinski definition) is 1. The molecule has 1 aromatic carbocycles. The number of nitrogens with two attached hydrogens (primary N) is 1. The molecule has 1 amide bonds. The lowest BCUT2D eigenvalue weighted by Gasteiger charge is -2.31. The van der Waals surface area contributed by atoms with Crippen LogP contribution in [0.2, 0.25) is 0 Å². The fraction of sp³-hybridized carbons (Fsp3) is 0.417. The van der Waals surface area contributed by atoms with Crippen LogP contribution in [-0.2, 0) is 0 Å². The standard InChI is InChI=1S/C12H14BrFN2O.ClH/c13-9-4-1-5-10(14)11(9)12(17)16-6-2-3-8(15)7-16;/h1,4-5,8H,2-3,6-7,15H2;1H/t8-;/m1./s1. The van der Waals surface area contributed by atoms with Crippen LogP contribution in [0.5, 0.6) is 0 Å². The molecule has 1 aliphatic rings. The topological polar surface area (TPSA) is 46.3 Å². The van der Waals surface area contributed by atoms with Gasteiger partial charge in [0.25, 0.3) is 5.91 Å². The quantitative estimate of drug-likeness (QED) is 0.856. The summed E-state index contributed by atoms with van der Waals surface area (Å²) in [5, 5.41) is 0. The molecule has 0 unspecified atom stereocenters. The summed E-state index contributed by atoms with van der Waals surface area (Å²) in [5.41, 5.74) is 5.92. The Morgan fingerprint density at radius 3 is 2.83 bits per heavy atom. The van der Waals surface area contributed by atoms with E-state index in [0.29, 0.717) is 17.6 Å². The van der Waals surface area contributed by atoms with Crippen molar-refractivity contribution in [2.24, 2.45) is 5.73 Å². The highest BCUT2D eigenvalue weighted by atomic mass is 79.9. The van der Waals surface area contributed by atoms with Gasteiger partial charge in [-0.1, -0.05) is 6.07 Å². The van der Waals surface area contributed by atoms with Gasteiger partial charge in [-0.05, 0) is 40.9 Å². The smallest absolute Gasteiger partial charge is 0.258 e. The molecule has 2 rings (SSSR count). The SMILES string of the molecule is Cl.N[C@@H]1CCCN(C(=O)c2c(F)cccc2Br)C1. The van der Waals surface area contributed by atoms with E-state index in [1.807, 2.05) is 0 Å². The van der Waals surface area contributed by atoms with Crippen molar-refractivity contribution >= 4 is 34.2 Å². The summed E-state index contributed by atoms with van der Waals surface area (Å²) in [6.45, 7) is 1.15. The Kier molecular flexibility index (Phi) is 5.56. The highest BCUT2D eigenvalue weighted by Crippen LogP contribution is 2.22. The summed E-state index contributed by atoms with van der Waals surface area (Å²) in [6, 6.07) is 4.53. The van der Waals surface area contributed by atoms with Gasteiger partial charge in [-0.2, -0.15) is 0 Å². The molecule has 3 nitrogen and oxygen atoms in total. The molecule has 0 spiro atoms. The van der Waals surface area contributed by atoms with Crippen LogP contribution in [-0.4, -0.2) is 29.9 Å². The largest absolute Gasteiger partial charge is 0.337 e. The van der Waals surface area contributed by atoms with Crippen LogP contribution >= 0.6 is 28.3 Å². The summed E-state index contributed by atoms with van der Waals surface area (Å²) >= 11 is 3.21. The molecule has 6 heteroatoms. The Labute approximate surface area is 120 Å². The molecule has 1 fully saturated rings. The molecule has 1 atom stereocenters. The number of likely N-dealkylation sites (tertiary alicyclic amines) is 1. The van der Waals surface area contributed by atoms with Crippen LogP contribution in [0.15, 0.2) is 22.7 Å². The lowest BCUT2D eigenvalue weighted by Crippen LogP contribution is -2.46. The van der Waals surface area contributed by atoms with E-state index in [2.05, 4.69) is 15.9 Å². The summed E-state index contributed by atoms with van der Waals surface area (Å²) in [6.07, 6.45) is 1.79. The second-order valence-corrected chi connectivity index (χ2v) is 5.10. The van der Waals surface area contributed by atoms with Crippen LogP contribution in [0.1, 0.15) is 23.2 Å². The van der Waals surface area contributed by atoms with E-state index in [-0.39, 0.29) is 29.9 Å². The minimum Gasteiger partial charge on any atom is -0.337 e. The van der Waals surface area contributed by atoms with Crippen LogP contribution in [0.25, 0.3) is 0 Å². The van der Waals surface area contributed by atoms with Gasteiger partial charge >= 0.3 is 0 Å². The number of rotatable bonds is 1. The van der Waals surface area contributed by atoms with Crippen LogP contribution in [0.4, 0.5) is 4.39 Å². The number of amides is 1. The highest BCUT2D eigenvalue weighted by Gasteiger charge is 2.25. The van der Waals surface area contributed by atoms with Crippen molar-refractivity contribution in [1.29, 1.82) is 0 Å². The van der Waals surface area contributed by atoms with Gasteiger partial charge in [0.15, 0.2) is 0 Å². The Hall–Kier alpha value is -0.650. The van der Waals surface area contributed by atoms with Crippen molar-refractivity contribution in [2.45, 2.75) is 18.9 Å². The first kappa shape index (κ1) is 15.4. The Bertz CT molecular complexity index is 424. The third kappa shape index (κ3) is 3.22. The molecule has 1 saturated heterocycles. The predicted octanol–water partition coefficient (Wildman–Crippen LogP) is 2.57. The average molecular weight is 338 g/mol. The van der Waals surface area contributed by atoms with Crippen LogP contribution in [0, 0.1) is 5.82 Å². The molecular weight excluding hydrogens is 322 g/mol. The molecule has 0 bridgehead atoms. The molecule has 1 heterocycles. The first-order valence-electron chi connectivity index (χ1n) is 5.58. The van der Waals surface area contributed by atoms with E-state index in [0.717, 1.165) is 12.8 Å². The Morgan fingerprint density at radius 1 is 1.50 bits per heavy atom. The third-order valence-electron chi connectivity index (χ3n) is 2.92. The molecule has 0 aliphatic carbocycles. The molecule has 18 heavy (non-hydrogen) atoms. The average Bonchev–Trinajstić information content (AvgIpc) is 2.28. The molecule has 0 aromatic heterocycles. The number of benzene rings is 1. The van der Waals surface area contributed by atoms with E-state index in [4.69, 9.17) is 5.73 Å². The summed E-state index contributed by atoms with van der Waals surface area (Å²) < 4.78 is 14.1. The molecule has 100 valence electrons. The first-order valence-corrected chi connectivity index (χ1v) is 6.37. The van der Waals surface area contributed by atoms with Gasteiger partial charge in [0, 0.05) is 23.6 Å². The van der Waals surface area contributed by atoms with Gasteiger partial charge < -0.3 is 10.6 Å². The van der Waals surface area contributed by atoms with Gasteiger partial charge in [0.05, 0.1) is 5.56 Å². The third-order valence-corrected chi connectivity index (χ3v) is 3.58. The lowest BCUT2D eigenvalue weighted by atomic mass is 10.1. The summed E-state index contributed by atoms with van der Waals surface area (Å²) in [4.78, 5) is 13.8. The van der Waals surface area contributed by atoms with Crippen molar-refractivity contribution < 1.29 is 9.18 Å². The minimum absolute atomic E-state index is 0. The van der Waals surface area contributed by atoms with Crippen molar-refractivity contribution in [3.8, 4) is 0 Å². The number of hydrogen-bond acceptors (Lipinski definition) is 2. The van der Waals surface area contributed by atoms with E-state index in [1.54, 1.807) is 17.0 Å². The minimum atomic E-state index is -0.497. The van der Waals surface area contributed by atoms with E-state index in [1.165, 1.54) is 6.07 Å². The monoisotopic (exact) mass is 336 g/mol. The van der Waals surface area contributed by atoms with Gasteiger partial charge in [0.1, 0.15) is 5.82 Å². The van der Waals surface area contributed by atoms with Gasteiger partial charge in [-0.15, -0.1) is 12.4 Å². The molecule has 0 radical (unpaired) electrons. The number of halogens is 3. The number of carbonyl (C=O) groups is 1. The lowest BCUT2D eigenvalue weighted by molar-refractivity contribution is 0.0703. The van der Waals surface area contributed by atoms with Crippen molar-refractivity contribution in [1.82, 2.24) is 4.90 Å². The second-order valence-electron chi connectivity index (χ2n) is 4.25. The van der Waals surface area contributed by atoms with E-state index in [9.17, 15) is 9.18 Å². The Morgan fingerprint density at radius 2 is 2.22 bits per heavy atom. The fourth-order valence-electron chi connectivity index (χ4n) is 2.05. The number of nitrogens with zero attached hydrogens (tertiary/aromatic N) is 1. The molecule has 1 aliphatic heterocycles. The van der Waals surface area contributed by atoms with Crippen molar-refractivity contribution in [3.63, 3.8) is 0 Å². The summed E-state index contributed by atoms with van der Waals surface area (Å²) in [7, 11) is 0. The van der Waals surface area contributed by atoms with Crippen molar-refractivity contribution in [3.05, 3.63) is 34.1 Å². The Balaban J connectivity index is 0.00000162. The predicted molar refractivity (Wildman–Crippen MR) is 74.5 cm³/mol. The van der Waals surface area contributed by atoms with E-state index < -0.39 is 5.82 Å². The summed E-state index contributed by atoms with van der Waals surface area (Å²) in [5.74, 6) is -0.784. The van der Waals surface area contributed by atoms with E-state index >= 15 is 0 Å². The highest BCUT2D eigenvalue weighted by molar-refractivity contribution is 9.10. The zero-order valence-corrected chi connectivity index (χ0v) is 12.1. The fourth-order valence-corrected chi connectivity index (χ4v) is 2.57. The zero-order chi connectivity index (χ0) is 12.4. The zero-order valence-electron chi connectivity index (χ0n) is 9.73. The van der Waals surface area contributed by atoms with Gasteiger partial charge in [0.2, 0.25) is 0 Å². The number of carbonyl (C=O) groups excluding carboxylic acids is 1. The van der Waals surface area contributed by atoms with Crippen molar-refractivity contribution in [2.75, 3.05) is 13.1 Å². The maximum atomic E-state index is 13.6. The maximum Gasteiger partial charge on any atom is 0.258 e. The number of piperidine rings is 1. The second kappa shape index (κ2) is 6.50. The van der Waals surface area contributed by atoms with Crippen LogP contribution < -0.4 is 5.73 Å². The molecule has 1 aromatic rings. The maximum absolute atomic E-state index is 13.6. The molecular formula is C12H15BrClFN2O. The van der Waals surface area contributed by atoms with Gasteiger partial charge in [-0.25, -0.2) is 4.39 Å². The molecule has 2 N–H and O–H groups in total. The normalized spacial score (nSPS) is 19.3. The van der Waals surface area contributed by atoms with Gasteiger partial charge in [-0.3, -0.25) is 4.79 Å². The van der Waals surface area contributed by atoms with Crippen LogP contribution in [0.3, 0.4) is 0 Å². The first-order chi connectivity index (χ1) is 8.09. The molecule has 0 saturated carbocycles.